The summed E-state index contributed by atoms with van der Waals surface area (Å²) in [6.07, 6.45) is 6.13. The van der Waals surface area contributed by atoms with Gasteiger partial charge in [0.1, 0.15) is 0 Å². The standard InChI is InChI=1S/C24H26OS/c1-24(2)21-9-4-3-8-19(21)20-11-10-15(14-22(20)24)23(25)16-12-17-6-5-7-18(13-16)26-17/h3-4,8-11,14,16-18H,5-7,12-13H2,1-2H3. The zero-order valence-electron chi connectivity index (χ0n) is 15.6. The third-order valence-corrected chi connectivity index (χ3v) is 8.40. The second-order valence-corrected chi connectivity index (χ2v) is 10.4. The Morgan fingerprint density at radius 3 is 2.42 bits per heavy atom. The van der Waals surface area contributed by atoms with E-state index in [0.29, 0.717) is 16.3 Å². The van der Waals surface area contributed by atoms with E-state index in [9.17, 15) is 4.79 Å². The van der Waals surface area contributed by atoms with Crippen molar-refractivity contribution in [3.05, 3.63) is 59.2 Å². The maximum Gasteiger partial charge on any atom is 0.166 e. The summed E-state index contributed by atoms with van der Waals surface area (Å²) in [5.41, 5.74) is 6.23. The lowest BCUT2D eigenvalue weighted by molar-refractivity contribution is 0.0896. The van der Waals surface area contributed by atoms with Crippen molar-refractivity contribution in [3.8, 4) is 11.1 Å². The van der Waals surface area contributed by atoms with Gasteiger partial charge in [-0.1, -0.05) is 56.7 Å². The summed E-state index contributed by atoms with van der Waals surface area (Å²) in [7, 11) is 0. The average molecular weight is 363 g/mol. The Bertz CT molecular complexity index is 870. The van der Waals surface area contributed by atoms with Gasteiger partial charge >= 0.3 is 0 Å². The highest BCUT2D eigenvalue weighted by molar-refractivity contribution is 8.00. The van der Waals surface area contributed by atoms with Gasteiger partial charge in [-0.05, 0) is 54.0 Å². The number of rotatable bonds is 2. The Morgan fingerprint density at radius 2 is 1.65 bits per heavy atom. The van der Waals surface area contributed by atoms with Crippen LogP contribution in [0.5, 0.6) is 0 Å². The fourth-order valence-electron chi connectivity index (χ4n) is 5.37. The SMILES string of the molecule is CC1(C)c2ccccc2-c2ccc(C(=O)C3CC4CCCC(C3)S4)cc21. The maximum atomic E-state index is 13.3. The Labute approximate surface area is 160 Å². The molecule has 0 spiro atoms. The van der Waals surface area contributed by atoms with Crippen LogP contribution in [0.1, 0.15) is 67.4 Å². The molecule has 2 atom stereocenters. The topological polar surface area (TPSA) is 17.1 Å². The molecule has 2 aromatic carbocycles. The van der Waals surface area contributed by atoms with E-state index < -0.39 is 0 Å². The Morgan fingerprint density at radius 1 is 0.962 bits per heavy atom. The Kier molecular flexibility index (Phi) is 3.83. The van der Waals surface area contributed by atoms with Gasteiger partial charge in [-0.3, -0.25) is 4.79 Å². The van der Waals surface area contributed by atoms with Gasteiger partial charge < -0.3 is 0 Å². The Balaban J connectivity index is 1.49. The lowest BCUT2D eigenvalue weighted by atomic mass is 9.80. The van der Waals surface area contributed by atoms with Crippen LogP contribution >= 0.6 is 11.8 Å². The lowest BCUT2D eigenvalue weighted by Gasteiger charge is -2.38. The molecule has 0 radical (unpaired) electrons. The van der Waals surface area contributed by atoms with Gasteiger partial charge in [0.2, 0.25) is 0 Å². The number of carbonyl (C=O) groups excluding carboxylic acids is 1. The van der Waals surface area contributed by atoms with E-state index in [-0.39, 0.29) is 11.3 Å². The molecule has 26 heavy (non-hydrogen) atoms. The molecule has 2 heterocycles. The normalized spacial score (nSPS) is 28.3. The van der Waals surface area contributed by atoms with E-state index in [1.54, 1.807) is 0 Å². The third kappa shape index (κ3) is 2.49. The van der Waals surface area contributed by atoms with E-state index in [0.717, 1.165) is 18.4 Å². The van der Waals surface area contributed by atoms with Crippen LogP contribution in [0.3, 0.4) is 0 Å². The summed E-state index contributed by atoms with van der Waals surface area (Å²) in [5, 5.41) is 1.43. The van der Waals surface area contributed by atoms with Crippen LogP contribution in [0.25, 0.3) is 11.1 Å². The van der Waals surface area contributed by atoms with Crippen LogP contribution in [-0.2, 0) is 5.41 Å². The first-order valence-electron chi connectivity index (χ1n) is 9.98. The minimum Gasteiger partial charge on any atom is -0.294 e. The third-order valence-electron chi connectivity index (χ3n) is 6.77. The van der Waals surface area contributed by atoms with Gasteiger partial charge in [-0.15, -0.1) is 0 Å². The molecule has 3 aliphatic rings. The van der Waals surface area contributed by atoms with E-state index in [1.807, 2.05) is 0 Å². The second-order valence-electron chi connectivity index (χ2n) is 8.77. The van der Waals surface area contributed by atoms with Crippen LogP contribution in [0.4, 0.5) is 0 Å². The molecule has 5 rings (SSSR count). The Hall–Kier alpha value is -1.54. The van der Waals surface area contributed by atoms with Gasteiger partial charge in [0.25, 0.3) is 0 Å². The van der Waals surface area contributed by atoms with Crippen LogP contribution in [-0.4, -0.2) is 16.3 Å². The maximum absolute atomic E-state index is 13.3. The molecule has 1 aliphatic carbocycles. The van der Waals surface area contributed by atoms with Gasteiger partial charge in [0.15, 0.2) is 5.78 Å². The summed E-state index contributed by atoms with van der Waals surface area (Å²) in [4.78, 5) is 13.3. The average Bonchev–Trinajstić information content (AvgIpc) is 2.88. The summed E-state index contributed by atoms with van der Waals surface area (Å²) in [5.74, 6) is 0.619. The van der Waals surface area contributed by atoms with Crippen molar-refractivity contribution in [1.82, 2.24) is 0 Å². The van der Waals surface area contributed by atoms with Crippen LogP contribution in [0, 0.1) is 5.92 Å². The minimum atomic E-state index is -0.0266. The molecule has 2 unspecified atom stereocenters. The predicted octanol–water partition coefficient (Wildman–Crippen LogP) is 6.24. The molecule has 1 nitrogen and oxygen atoms in total. The highest BCUT2D eigenvalue weighted by Crippen LogP contribution is 2.49. The van der Waals surface area contributed by atoms with Gasteiger partial charge in [-0.25, -0.2) is 0 Å². The molecule has 2 aromatic rings. The highest BCUT2D eigenvalue weighted by atomic mass is 32.2. The lowest BCUT2D eigenvalue weighted by Crippen LogP contribution is -2.33. The van der Waals surface area contributed by atoms with Crippen molar-refractivity contribution in [2.24, 2.45) is 5.92 Å². The molecule has 0 N–H and O–H groups in total. The fraction of sp³-hybridized carbons (Fsp3) is 0.458. The number of hydrogen-bond acceptors (Lipinski definition) is 2. The molecule has 2 saturated heterocycles. The molecular formula is C24H26OS. The molecule has 2 heteroatoms. The number of thioether (sulfide) groups is 1. The van der Waals surface area contributed by atoms with Gasteiger partial charge in [-0.2, -0.15) is 11.8 Å². The summed E-state index contributed by atoms with van der Waals surface area (Å²) < 4.78 is 0. The van der Waals surface area contributed by atoms with E-state index in [2.05, 4.69) is 68.1 Å². The van der Waals surface area contributed by atoms with Crippen molar-refractivity contribution < 1.29 is 4.79 Å². The highest BCUT2D eigenvalue weighted by Gasteiger charge is 2.38. The molecule has 0 amide bonds. The van der Waals surface area contributed by atoms with E-state index >= 15 is 0 Å². The zero-order chi connectivity index (χ0) is 17.9. The summed E-state index contributed by atoms with van der Waals surface area (Å²) in [6.45, 7) is 4.57. The molecule has 134 valence electrons. The number of carbonyl (C=O) groups is 1. The largest absolute Gasteiger partial charge is 0.294 e. The van der Waals surface area contributed by atoms with Crippen molar-refractivity contribution in [2.75, 3.05) is 0 Å². The minimum absolute atomic E-state index is 0.0266. The van der Waals surface area contributed by atoms with Crippen molar-refractivity contribution in [3.63, 3.8) is 0 Å². The first kappa shape index (κ1) is 16.6. The van der Waals surface area contributed by atoms with Crippen molar-refractivity contribution in [1.29, 1.82) is 0 Å². The number of benzene rings is 2. The molecule has 2 bridgehead atoms. The second kappa shape index (κ2) is 5.99. The number of Topliss-reactive ketones (excluding diaryl/α,β-unsaturated/α-hetero) is 1. The van der Waals surface area contributed by atoms with Gasteiger partial charge in [0.05, 0.1) is 0 Å². The number of hydrogen-bond donors (Lipinski definition) is 0. The van der Waals surface area contributed by atoms with E-state index in [1.165, 1.54) is 41.5 Å². The van der Waals surface area contributed by atoms with Crippen molar-refractivity contribution >= 4 is 17.5 Å². The summed E-state index contributed by atoms with van der Waals surface area (Å²) in [6, 6.07) is 15.2. The first-order valence-corrected chi connectivity index (χ1v) is 10.9. The first-order chi connectivity index (χ1) is 12.5. The molecule has 2 fully saturated rings. The quantitative estimate of drug-likeness (QED) is 0.588. The van der Waals surface area contributed by atoms with Crippen LogP contribution in [0.2, 0.25) is 0 Å². The summed E-state index contributed by atoms with van der Waals surface area (Å²) >= 11 is 2.15. The van der Waals surface area contributed by atoms with Gasteiger partial charge in [0, 0.05) is 27.4 Å². The predicted molar refractivity (Wildman–Crippen MR) is 110 cm³/mol. The smallest absolute Gasteiger partial charge is 0.166 e. The molecule has 0 aromatic heterocycles. The fourth-order valence-corrected chi connectivity index (χ4v) is 7.20. The monoisotopic (exact) mass is 362 g/mol. The zero-order valence-corrected chi connectivity index (χ0v) is 16.4. The van der Waals surface area contributed by atoms with Crippen molar-refractivity contribution in [2.45, 2.75) is 61.9 Å². The van der Waals surface area contributed by atoms with Crippen LogP contribution < -0.4 is 0 Å². The molecule has 2 aliphatic heterocycles. The molecular weight excluding hydrogens is 336 g/mol. The molecule has 0 saturated carbocycles. The van der Waals surface area contributed by atoms with Crippen LogP contribution in [0.15, 0.2) is 42.5 Å². The number of fused-ring (bicyclic) bond motifs is 5. The van der Waals surface area contributed by atoms with E-state index in [4.69, 9.17) is 0 Å². The number of ketones is 1.